The van der Waals surface area contributed by atoms with Crippen LogP contribution in [0.15, 0.2) is 170 Å². The maximum Gasteiger partial charge on any atom is 0.165 e. The van der Waals surface area contributed by atoms with Gasteiger partial charge >= 0.3 is 0 Å². The third kappa shape index (κ3) is 4.06. The molecule has 4 heteroatoms. The molecule has 12 rings (SSSR count). The molecule has 0 aliphatic heterocycles. The van der Waals surface area contributed by atoms with Gasteiger partial charge in [-0.25, -0.2) is 9.97 Å². The second-order valence-corrected chi connectivity index (χ2v) is 15.3. The van der Waals surface area contributed by atoms with E-state index in [1.54, 1.807) is 0 Å². The number of nitrogens with zero attached hydrogens (tertiary/aromatic N) is 4. The van der Waals surface area contributed by atoms with Crippen LogP contribution < -0.4 is 0 Å². The highest BCUT2D eigenvalue weighted by molar-refractivity contribution is 6.22. The standard InChI is InChI=1S/C51H34N4/c1-51(2)38-23-9-5-20-35(38)46-37(22-15-24-39(46)51)48-50(53-41-26-11-10-25-40(41)52-48)55-44-29-14-8-21-36(44)47-45(55)30-31-16-3-4-17-32(31)49(47)54-42-27-12-6-18-33(42)34-19-7-13-28-43(34)54/h3-30H,1-2H3. The molecule has 0 N–H and O–H groups in total. The van der Waals surface area contributed by atoms with E-state index in [1.807, 2.05) is 0 Å². The van der Waals surface area contributed by atoms with Crippen LogP contribution in [0, 0.1) is 0 Å². The number of aromatic nitrogens is 4. The van der Waals surface area contributed by atoms with E-state index in [0.717, 1.165) is 39.1 Å². The maximum atomic E-state index is 5.58. The largest absolute Gasteiger partial charge is 0.308 e. The van der Waals surface area contributed by atoms with Gasteiger partial charge in [0.2, 0.25) is 0 Å². The molecule has 0 radical (unpaired) electrons. The summed E-state index contributed by atoms with van der Waals surface area (Å²) in [4.78, 5) is 11.1. The van der Waals surface area contributed by atoms with Crippen molar-refractivity contribution in [1.82, 2.24) is 19.1 Å². The Morgan fingerprint density at radius 1 is 0.436 bits per heavy atom. The summed E-state index contributed by atoms with van der Waals surface area (Å²) in [5.41, 5.74) is 14.5. The number of rotatable bonds is 3. The lowest BCUT2D eigenvalue weighted by molar-refractivity contribution is 0.660. The molecule has 8 aromatic carbocycles. The highest BCUT2D eigenvalue weighted by atomic mass is 15.1. The van der Waals surface area contributed by atoms with Gasteiger partial charge in [0.05, 0.1) is 38.8 Å². The van der Waals surface area contributed by atoms with Crippen molar-refractivity contribution in [1.29, 1.82) is 0 Å². The summed E-state index contributed by atoms with van der Waals surface area (Å²) in [6, 6.07) is 61.4. The van der Waals surface area contributed by atoms with E-state index in [0.29, 0.717) is 0 Å². The van der Waals surface area contributed by atoms with Gasteiger partial charge in [-0.05, 0) is 64.0 Å². The van der Waals surface area contributed by atoms with Crippen LogP contribution in [0.5, 0.6) is 0 Å². The van der Waals surface area contributed by atoms with Gasteiger partial charge in [-0.2, -0.15) is 0 Å². The summed E-state index contributed by atoms with van der Waals surface area (Å²) >= 11 is 0. The Bertz CT molecular complexity index is 3360. The number of hydrogen-bond acceptors (Lipinski definition) is 2. The SMILES string of the molecule is CC1(C)c2ccccc2-c2c(-c3nc4ccccc4nc3-n3c4ccccc4c4c(-n5c6ccccc6c6ccccc65)c5ccccc5cc43)cccc21. The minimum atomic E-state index is -0.144. The Morgan fingerprint density at radius 2 is 0.982 bits per heavy atom. The Labute approximate surface area is 317 Å². The molecule has 0 amide bonds. The molecule has 3 heterocycles. The lowest BCUT2D eigenvalue weighted by atomic mass is 9.82. The van der Waals surface area contributed by atoms with E-state index in [4.69, 9.17) is 9.97 Å². The second kappa shape index (κ2) is 11.0. The van der Waals surface area contributed by atoms with Crippen LogP contribution in [0.2, 0.25) is 0 Å². The van der Waals surface area contributed by atoms with E-state index >= 15 is 0 Å². The molecule has 11 aromatic rings. The molecule has 0 saturated carbocycles. The first-order chi connectivity index (χ1) is 27.1. The Balaban J connectivity index is 1.27. The Kier molecular flexibility index (Phi) is 6.09. The van der Waals surface area contributed by atoms with Crippen LogP contribution in [0.1, 0.15) is 25.0 Å². The Morgan fingerprint density at radius 3 is 1.73 bits per heavy atom. The van der Waals surface area contributed by atoms with Crippen LogP contribution in [0.4, 0.5) is 0 Å². The first-order valence-corrected chi connectivity index (χ1v) is 19.0. The van der Waals surface area contributed by atoms with E-state index < -0.39 is 0 Å². The molecule has 1 aliphatic carbocycles. The predicted octanol–water partition coefficient (Wildman–Crippen LogP) is 13.0. The van der Waals surface area contributed by atoms with Gasteiger partial charge in [-0.1, -0.05) is 147 Å². The highest BCUT2D eigenvalue weighted by Crippen LogP contribution is 2.53. The molecule has 0 unspecified atom stereocenters. The zero-order valence-corrected chi connectivity index (χ0v) is 30.5. The van der Waals surface area contributed by atoms with Crippen LogP contribution in [-0.4, -0.2) is 19.1 Å². The van der Waals surface area contributed by atoms with Gasteiger partial charge in [0.25, 0.3) is 0 Å². The van der Waals surface area contributed by atoms with Gasteiger partial charge in [0.15, 0.2) is 5.82 Å². The maximum absolute atomic E-state index is 5.58. The van der Waals surface area contributed by atoms with E-state index in [2.05, 4.69) is 193 Å². The van der Waals surface area contributed by atoms with Crippen molar-refractivity contribution in [2.24, 2.45) is 0 Å². The molecule has 1 aliphatic rings. The number of benzene rings is 8. The minimum Gasteiger partial charge on any atom is -0.308 e. The zero-order chi connectivity index (χ0) is 36.4. The monoisotopic (exact) mass is 702 g/mol. The summed E-state index contributed by atoms with van der Waals surface area (Å²) in [6.45, 7) is 4.67. The van der Waals surface area contributed by atoms with Crippen molar-refractivity contribution < 1.29 is 0 Å². The molecule has 4 nitrogen and oxygen atoms in total. The lowest BCUT2D eigenvalue weighted by Gasteiger charge is -2.22. The molecule has 3 aromatic heterocycles. The van der Waals surface area contributed by atoms with Crippen molar-refractivity contribution in [3.8, 4) is 33.9 Å². The highest BCUT2D eigenvalue weighted by Gasteiger charge is 2.37. The Hall–Kier alpha value is -7.04. The molecular weight excluding hydrogens is 669 g/mol. The average Bonchev–Trinajstić information content (AvgIpc) is 3.82. The molecule has 0 atom stereocenters. The minimum absolute atomic E-state index is 0.144. The van der Waals surface area contributed by atoms with Crippen molar-refractivity contribution >= 4 is 65.4 Å². The summed E-state index contributed by atoms with van der Waals surface area (Å²) in [5.74, 6) is 0.823. The van der Waals surface area contributed by atoms with Crippen molar-refractivity contribution in [3.05, 3.63) is 181 Å². The number of hydrogen-bond donors (Lipinski definition) is 0. The zero-order valence-electron chi connectivity index (χ0n) is 30.5. The smallest absolute Gasteiger partial charge is 0.165 e. The number of para-hydroxylation sites is 5. The fourth-order valence-corrected chi connectivity index (χ4v) is 9.67. The van der Waals surface area contributed by atoms with Gasteiger partial charge in [-0.3, -0.25) is 4.57 Å². The fraction of sp³-hybridized carbons (Fsp3) is 0.0588. The summed E-state index contributed by atoms with van der Waals surface area (Å²) in [7, 11) is 0. The fourth-order valence-electron chi connectivity index (χ4n) is 9.67. The van der Waals surface area contributed by atoms with Crippen LogP contribution >= 0.6 is 0 Å². The van der Waals surface area contributed by atoms with Crippen molar-refractivity contribution in [2.75, 3.05) is 0 Å². The quantitative estimate of drug-likeness (QED) is 0.184. The molecular formula is C51H34N4. The van der Waals surface area contributed by atoms with Crippen LogP contribution in [0.25, 0.3) is 99.3 Å². The molecule has 0 bridgehead atoms. The molecule has 0 spiro atoms. The van der Waals surface area contributed by atoms with Gasteiger partial charge < -0.3 is 4.57 Å². The van der Waals surface area contributed by atoms with Crippen molar-refractivity contribution in [2.45, 2.75) is 19.3 Å². The van der Waals surface area contributed by atoms with Gasteiger partial charge in [-0.15, -0.1) is 0 Å². The third-order valence-electron chi connectivity index (χ3n) is 12.1. The first-order valence-electron chi connectivity index (χ1n) is 19.0. The van der Waals surface area contributed by atoms with E-state index in [9.17, 15) is 0 Å². The summed E-state index contributed by atoms with van der Waals surface area (Å²) < 4.78 is 4.87. The van der Waals surface area contributed by atoms with Crippen LogP contribution in [0.3, 0.4) is 0 Å². The first kappa shape index (κ1) is 30.4. The lowest BCUT2D eigenvalue weighted by Crippen LogP contribution is -2.14. The average molecular weight is 703 g/mol. The normalized spacial score (nSPS) is 13.4. The van der Waals surface area contributed by atoms with E-state index in [-0.39, 0.29) is 5.41 Å². The van der Waals surface area contributed by atoms with Crippen LogP contribution in [-0.2, 0) is 5.41 Å². The molecule has 0 fully saturated rings. The summed E-state index contributed by atoms with van der Waals surface area (Å²) in [5, 5.41) is 7.22. The third-order valence-corrected chi connectivity index (χ3v) is 12.1. The summed E-state index contributed by atoms with van der Waals surface area (Å²) in [6.07, 6.45) is 0. The van der Waals surface area contributed by atoms with Gasteiger partial charge in [0.1, 0.15) is 5.69 Å². The molecule has 55 heavy (non-hydrogen) atoms. The topological polar surface area (TPSA) is 35.6 Å². The van der Waals surface area contributed by atoms with Crippen molar-refractivity contribution in [3.63, 3.8) is 0 Å². The second-order valence-electron chi connectivity index (χ2n) is 15.3. The van der Waals surface area contributed by atoms with Gasteiger partial charge in [0, 0.05) is 37.9 Å². The van der Waals surface area contributed by atoms with E-state index in [1.165, 1.54) is 71.3 Å². The number of fused-ring (bicyclic) bond motifs is 11. The molecule has 0 saturated heterocycles. The predicted molar refractivity (Wildman–Crippen MR) is 229 cm³/mol. The molecule has 258 valence electrons.